The molecule has 23 heavy (non-hydrogen) atoms. The van der Waals surface area contributed by atoms with E-state index in [1.54, 1.807) is 6.07 Å². The largest absolute Gasteiger partial charge is 0.347 e. The Morgan fingerprint density at radius 2 is 1.91 bits per heavy atom. The molecule has 1 aromatic carbocycles. The Labute approximate surface area is 136 Å². The summed E-state index contributed by atoms with van der Waals surface area (Å²) in [5.41, 5.74) is 3.55. The van der Waals surface area contributed by atoms with E-state index in [9.17, 15) is 4.79 Å². The van der Waals surface area contributed by atoms with Crippen LogP contribution in [0.1, 0.15) is 40.2 Å². The minimum absolute atomic E-state index is 0.154. The molecule has 2 aromatic rings. The molecule has 120 valence electrons. The molecule has 0 spiro atoms. The third kappa shape index (κ3) is 3.67. The Kier molecular flexibility index (Phi) is 4.55. The average molecular weight is 310 g/mol. The SMILES string of the molecule is Cc1cc(C(=O)NCc2ccccc2C)nc(N2CCCC2)n1. The molecule has 1 aliphatic heterocycles. The number of carbonyl (C=O) groups excluding carboxylic acids is 1. The number of carbonyl (C=O) groups is 1. The molecule has 5 heteroatoms. The summed E-state index contributed by atoms with van der Waals surface area (Å²) in [5, 5.41) is 2.95. The minimum Gasteiger partial charge on any atom is -0.347 e. The first kappa shape index (κ1) is 15.5. The molecule has 5 nitrogen and oxygen atoms in total. The molecule has 1 fully saturated rings. The lowest BCUT2D eigenvalue weighted by Crippen LogP contribution is -2.27. The highest BCUT2D eigenvalue weighted by molar-refractivity contribution is 5.92. The van der Waals surface area contributed by atoms with Gasteiger partial charge in [-0.25, -0.2) is 9.97 Å². The van der Waals surface area contributed by atoms with Crippen molar-refractivity contribution in [3.05, 3.63) is 52.8 Å². The lowest BCUT2D eigenvalue weighted by atomic mass is 10.1. The molecule has 1 aliphatic rings. The molecule has 1 aromatic heterocycles. The number of aromatic nitrogens is 2. The van der Waals surface area contributed by atoms with Crippen molar-refractivity contribution in [2.45, 2.75) is 33.2 Å². The Morgan fingerprint density at radius 3 is 2.65 bits per heavy atom. The smallest absolute Gasteiger partial charge is 0.270 e. The Bertz CT molecular complexity index is 708. The van der Waals surface area contributed by atoms with Gasteiger partial charge in [0.15, 0.2) is 0 Å². The second-order valence-corrected chi connectivity index (χ2v) is 6.00. The fraction of sp³-hybridized carbons (Fsp3) is 0.389. The number of rotatable bonds is 4. The number of amides is 1. The zero-order chi connectivity index (χ0) is 16.2. The lowest BCUT2D eigenvalue weighted by molar-refractivity contribution is 0.0945. The number of anilines is 1. The van der Waals surface area contributed by atoms with Crippen molar-refractivity contribution in [1.29, 1.82) is 0 Å². The van der Waals surface area contributed by atoms with E-state index < -0.39 is 0 Å². The summed E-state index contributed by atoms with van der Waals surface area (Å²) in [4.78, 5) is 23.5. The van der Waals surface area contributed by atoms with Crippen LogP contribution in [-0.2, 0) is 6.54 Å². The van der Waals surface area contributed by atoms with Gasteiger partial charge in [0.2, 0.25) is 5.95 Å². The van der Waals surface area contributed by atoms with Gasteiger partial charge in [-0.2, -0.15) is 0 Å². The second kappa shape index (κ2) is 6.77. The standard InChI is InChI=1S/C18H22N4O/c1-13-7-3-4-8-15(13)12-19-17(23)16-11-14(2)20-18(21-16)22-9-5-6-10-22/h3-4,7-8,11H,5-6,9-10,12H2,1-2H3,(H,19,23). The van der Waals surface area contributed by atoms with Gasteiger partial charge in [0, 0.05) is 25.3 Å². The molecular weight excluding hydrogens is 288 g/mol. The third-order valence-corrected chi connectivity index (χ3v) is 4.16. The molecule has 0 aliphatic carbocycles. The highest BCUT2D eigenvalue weighted by Crippen LogP contribution is 2.16. The summed E-state index contributed by atoms with van der Waals surface area (Å²) in [5.74, 6) is 0.516. The highest BCUT2D eigenvalue weighted by Gasteiger charge is 2.18. The fourth-order valence-corrected chi connectivity index (χ4v) is 2.80. The van der Waals surface area contributed by atoms with Crippen LogP contribution >= 0.6 is 0 Å². The topological polar surface area (TPSA) is 58.1 Å². The first-order valence-corrected chi connectivity index (χ1v) is 8.07. The van der Waals surface area contributed by atoms with E-state index in [0.29, 0.717) is 18.2 Å². The van der Waals surface area contributed by atoms with E-state index in [1.807, 2.05) is 38.1 Å². The van der Waals surface area contributed by atoms with Crippen molar-refractivity contribution in [1.82, 2.24) is 15.3 Å². The van der Waals surface area contributed by atoms with Crippen LogP contribution in [0.15, 0.2) is 30.3 Å². The van der Waals surface area contributed by atoms with E-state index >= 15 is 0 Å². The van der Waals surface area contributed by atoms with E-state index in [0.717, 1.165) is 37.2 Å². The van der Waals surface area contributed by atoms with Gasteiger partial charge >= 0.3 is 0 Å². The molecule has 1 N–H and O–H groups in total. The molecule has 0 atom stereocenters. The molecule has 2 heterocycles. The summed E-state index contributed by atoms with van der Waals surface area (Å²) < 4.78 is 0. The summed E-state index contributed by atoms with van der Waals surface area (Å²) in [6.45, 7) is 6.39. The number of hydrogen-bond donors (Lipinski definition) is 1. The van der Waals surface area contributed by atoms with Crippen molar-refractivity contribution in [2.75, 3.05) is 18.0 Å². The monoisotopic (exact) mass is 310 g/mol. The first-order chi connectivity index (χ1) is 11.1. The van der Waals surface area contributed by atoms with Crippen molar-refractivity contribution in [3.63, 3.8) is 0 Å². The zero-order valence-electron chi connectivity index (χ0n) is 13.7. The lowest BCUT2D eigenvalue weighted by Gasteiger charge is -2.16. The summed E-state index contributed by atoms with van der Waals surface area (Å²) in [6.07, 6.45) is 2.32. The van der Waals surface area contributed by atoms with Gasteiger partial charge in [-0.1, -0.05) is 24.3 Å². The molecule has 1 saturated heterocycles. The molecule has 0 bridgehead atoms. The number of nitrogens with one attached hydrogen (secondary N) is 1. The molecule has 3 rings (SSSR count). The van der Waals surface area contributed by atoms with Crippen LogP contribution < -0.4 is 10.2 Å². The fourth-order valence-electron chi connectivity index (χ4n) is 2.80. The van der Waals surface area contributed by atoms with Gasteiger partial charge in [-0.3, -0.25) is 4.79 Å². The Morgan fingerprint density at radius 1 is 1.17 bits per heavy atom. The van der Waals surface area contributed by atoms with Gasteiger partial charge < -0.3 is 10.2 Å². The number of benzene rings is 1. The van der Waals surface area contributed by atoms with Crippen LogP contribution in [0.4, 0.5) is 5.95 Å². The average Bonchev–Trinajstić information content (AvgIpc) is 3.08. The number of nitrogens with zero attached hydrogens (tertiary/aromatic N) is 3. The molecule has 0 radical (unpaired) electrons. The number of hydrogen-bond acceptors (Lipinski definition) is 4. The predicted octanol–water partition coefficient (Wildman–Crippen LogP) is 2.62. The normalized spacial score (nSPS) is 14.1. The summed E-state index contributed by atoms with van der Waals surface area (Å²) in [7, 11) is 0. The van der Waals surface area contributed by atoms with Gasteiger partial charge in [-0.05, 0) is 43.9 Å². The molecular formula is C18H22N4O. The van der Waals surface area contributed by atoms with Crippen molar-refractivity contribution >= 4 is 11.9 Å². The van der Waals surface area contributed by atoms with Crippen molar-refractivity contribution < 1.29 is 4.79 Å². The maximum absolute atomic E-state index is 12.4. The molecule has 0 saturated carbocycles. The Balaban J connectivity index is 1.73. The third-order valence-electron chi connectivity index (χ3n) is 4.16. The van der Waals surface area contributed by atoms with Gasteiger partial charge in [0.25, 0.3) is 5.91 Å². The van der Waals surface area contributed by atoms with Crippen LogP contribution in [0.25, 0.3) is 0 Å². The summed E-state index contributed by atoms with van der Waals surface area (Å²) >= 11 is 0. The molecule has 0 unspecified atom stereocenters. The maximum Gasteiger partial charge on any atom is 0.270 e. The first-order valence-electron chi connectivity index (χ1n) is 8.07. The molecule has 1 amide bonds. The summed E-state index contributed by atoms with van der Waals surface area (Å²) in [6, 6.07) is 9.79. The van der Waals surface area contributed by atoms with Crippen molar-refractivity contribution in [3.8, 4) is 0 Å². The van der Waals surface area contributed by atoms with Crippen LogP contribution in [0.2, 0.25) is 0 Å². The highest BCUT2D eigenvalue weighted by atomic mass is 16.1. The van der Waals surface area contributed by atoms with Crippen LogP contribution in [0.5, 0.6) is 0 Å². The Hall–Kier alpha value is -2.43. The van der Waals surface area contributed by atoms with Crippen LogP contribution in [0.3, 0.4) is 0 Å². The zero-order valence-corrected chi connectivity index (χ0v) is 13.7. The number of aryl methyl sites for hydroxylation is 2. The quantitative estimate of drug-likeness (QED) is 0.943. The van der Waals surface area contributed by atoms with Gasteiger partial charge in [0.1, 0.15) is 5.69 Å². The second-order valence-electron chi connectivity index (χ2n) is 6.00. The van der Waals surface area contributed by atoms with E-state index in [1.165, 1.54) is 5.56 Å². The van der Waals surface area contributed by atoms with Gasteiger partial charge in [-0.15, -0.1) is 0 Å². The van der Waals surface area contributed by atoms with Crippen LogP contribution in [-0.4, -0.2) is 29.0 Å². The van der Waals surface area contributed by atoms with Crippen LogP contribution in [0, 0.1) is 13.8 Å². The minimum atomic E-state index is -0.154. The van der Waals surface area contributed by atoms with E-state index in [-0.39, 0.29) is 5.91 Å². The maximum atomic E-state index is 12.4. The van der Waals surface area contributed by atoms with E-state index in [2.05, 4.69) is 20.2 Å². The predicted molar refractivity (Wildman–Crippen MR) is 90.6 cm³/mol. The van der Waals surface area contributed by atoms with Gasteiger partial charge in [0.05, 0.1) is 0 Å². The van der Waals surface area contributed by atoms with Crippen molar-refractivity contribution in [2.24, 2.45) is 0 Å². The van der Waals surface area contributed by atoms with E-state index in [4.69, 9.17) is 0 Å².